The zero-order valence-corrected chi connectivity index (χ0v) is 14.2. The van der Waals surface area contributed by atoms with Crippen LogP contribution in [0.5, 0.6) is 0 Å². The van der Waals surface area contributed by atoms with Crippen LogP contribution in [0.2, 0.25) is 0 Å². The summed E-state index contributed by atoms with van der Waals surface area (Å²) < 4.78 is 16.3. The first kappa shape index (κ1) is 16.5. The largest absolute Gasteiger partial charge is 0.384 e. The maximum Gasteiger partial charge on any atom is 0.231 e. The topological polar surface area (TPSA) is 64.8 Å². The minimum absolute atomic E-state index is 0.0454. The van der Waals surface area contributed by atoms with Crippen LogP contribution in [-0.2, 0) is 20.7 Å². The van der Waals surface area contributed by atoms with Crippen molar-refractivity contribution in [3.05, 3.63) is 17.5 Å². The predicted octanol–water partition coefficient (Wildman–Crippen LogP) is 1.82. The fraction of sp³-hybridized carbons (Fsp3) is 0.765. The molecule has 0 unspecified atom stereocenters. The van der Waals surface area contributed by atoms with Gasteiger partial charge in [0, 0.05) is 45.7 Å². The summed E-state index contributed by atoms with van der Waals surface area (Å²) >= 11 is 0. The Kier molecular flexibility index (Phi) is 4.73. The number of carbonyl (C=O) groups excluding carboxylic acids is 1. The van der Waals surface area contributed by atoms with E-state index in [0.717, 1.165) is 37.1 Å². The molecule has 0 aromatic carbocycles. The van der Waals surface area contributed by atoms with Crippen molar-refractivity contribution < 1.29 is 18.8 Å². The summed E-state index contributed by atoms with van der Waals surface area (Å²) in [6.07, 6.45) is 3.77. The molecular weight excluding hydrogens is 296 g/mol. The highest BCUT2D eigenvalue weighted by Gasteiger charge is 2.49. The molecule has 23 heavy (non-hydrogen) atoms. The first-order valence-electron chi connectivity index (χ1n) is 8.31. The number of nitrogens with zero attached hydrogens (tertiary/aromatic N) is 2. The van der Waals surface area contributed by atoms with Gasteiger partial charge < -0.3 is 18.9 Å². The molecule has 2 atom stereocenters. The van der Waals surface area contributed by atoms with Crippen molar-refractivity contribution in [3.63, 3.8) is 0 Å². The number of likely N-dealkylation sites (tertiary alicyclic amines) is 1. The molecule has 0 N–H and O–H groups in total. The number of hydrogen-bond donors (Lipinski definition) is 0. The molecule has 6 nitrogen and oxygen atoms in total. The van der Waals surface area contributed by atoms with Gasteiger partial charge in [-0.3, -0.25) is 4.79 Å². The van der Waals surface area contributed by atoms with Crippen LogP contribution in [0.15, 0.2) is 10.6 Å². The van der Waals surface area contributed by atoms with Gasteiger partial charge in [-0.15, -0.1) is 0 Å². The number of aromatic nitrogens is 1. The van der Waals surface area contributed by atoms with Crippen molar-refractivity contribution in [1.29, 1.82) is 0 Å². The fourth-order valence-corrected chi connectivity index (χ4v) is 3.88. The van der Waals surface area contributed by atoms with Crippen molar-refractivity contribution in [1.82, 2.24) is 10.1 Å². The molecule has 1 saturated heterocycles. The van der Waals surface area contributed by atoms with Crippen LogP contribution in [0.4, 0.5) is 0 Å². The monoisotopic (exact) mass is 322 g/mol. The van der Waals surface area contributed by atoms with Gasteiger partial charge in [0.05, 0.1) is 23.8 Å². The summed E-state index contributed by atoms with van der Waals surface area (Å²) in [4.78, 5) is 14.9. The third-order valence-electron chi connectivity index (χ3n) is 5.30. The zero-order chi connectivity index (χ0) is 16.4. The lowest BCUT2D eigenvalue weighted by Crippen LogP contribution is -2.50. The molecule has 1 aliphatic carbocycles. The number of rotatable bonds is 6. The molecule has 2 aliphatic rings. The number of aryl methyl sites for hydroxylation is 1. The van der Waals surface area contributed by atoms with E-state index in [1.54, 1.807) is 14.2 Å². The van der Waals surface area contributed by atoms with E-state index < -0.39 is 0 Å². The van der Waals surface area contributed by atoms with Crippen molar-refractivity contribution in [2.24, 2.45) is 11.3 Å². The average molecular weight is 322 g/mol. The lowest BCUT2D eigenvalue weighted by molar-refractivity contribution is -0.151. The Balaban J connectivity index is 1.67. The number of hydrogen-bond acceptors (Lipinski definition) is 5. The summed E-state index contributed by atoms with van der Waals surface area (Å²) in [6.45, 7) is 3.80. The van der Waals surface area contributed by atoms with Gasteiger partial charge in [-0.1, -0.05) is 11.6 Å². The summed E-state index contributed by atoms with van der Waals surface area (Å²) in [5, 5.41) is 3.94. The number of carbonyl (C=O) groups is 1. The molecule has 0 spiro atoms. The maximum atomic E-state index is 13.0. The highest BCUT2D eigenvalue weighted by atomic mass is 16.5. The number of methoxy groups -OCH3 is 2. The SMILES string of the molecule is COCC1(C(=O)N2C[C@@H](Cc3cc(C)no3)[C@@H](OC)C2)CCC1. The van der Waals surface area contributed by atoms with Gasteiger partial charge in [-0.25, -0.2) is 0 Å². The van der Waals surface area contributed by atoms with Crippen molar-refractivity contribution in [2.75, 3.05) is 33.9 Å². The summed E-state index contributed by atoms with van der Waals surface area (Å²) in [5.74, 6) is 1.33. The van der Waals surface area contributed by atoms with Crippen molar-refractivity contribution in [3.8, 4) is 0 Å². The quantitative estimate of drug-likeness (QED) is 0.799. The minimum atomic E-state index is -0.301. The van der Waals surface area contributed by atoms with Crippen molar-refractivity contribution >= 4 is 5.91 Å². The Morgan fingerprint density at radius 2 is 2.22 bits per heavy atom. The molecule has 1 saturated carbocycles. The van der Waals surface area contributed by atoms with E-state index in [1.165, 1.54) is 0 Å². The molecular formula is C17H26N2O4. The Morgan fingerprint density at radius 3 is 2.74 bits per heavy atom. The lowest BCUT2D eigenvalue weighted by Gasteiger charge is -2.42. The molecule has 1 aromatic rings. The molecule has 6 heteroatoms. The molecule has 2 heterocycles. The molecule has 1 amide bonds. The molecule has 0 radical (unpaired) electrons. The molecule has 2 fully saturated rings. The highest BCUT2D eigenvalue weighted by Crippen LogP contribution is 2.43. The van der Waals surface area contributed by atoms with E-state index >= 15 is 0 Å². The van der Waals surface area contributed by atoms with Crippen LogP contribution >= 0.6 is 0 Å². The average Bonchev–Trinajstić information content (AvgIpc) is 3.09. The molecule has 1 aromatic heterocycles. The van der Waals surface area contributed by atoms with Gasteiger partial charge in [-0.2, -0.15) is 0 Å². The van der Waals surface area contributed by atoms with Gasteiger partial charge in [0.15, 0.2) is 0 Å². The second-order valence-electron chi connectivity index (χ2n) is 6.95. The standard InChI is InChI=1S/C17H26N2O4/c1-12-7-14(23-18-12)8-13-9-19(10-15(13)22-3)16(20)17(11-21-2)5-4-6-17/h7,13,15H,4-6,8-11H2,1-3H3/t13-,15+/m1/s1. The third-order valence-corrected chi connectivity index (χ3v) is 5.30. The Bertz CT molecular complexity index is 553. The minimum Gasteiger partial charge on any atom is -0.384 e. The van der Waals surface area contributed by atoms with Gasteiger partial charge in [0.1, 0.15) is 5.76 Å². The normalized spacial score (nSPS) is 26.3. The third kappa shape index (κ3) is 3.15. The van der Waals surface area contributed by atoms with Gasteiger partial charge >= 0.3 is 0 Å². The van der Waals surface area contributed by atoms with E-state index in [1.807, 2.05) is 17.9 Å². The van der Waals surface area contributed by atoms with Crippen LogP contribution in [0.3, 0.4) is 0 Å². The smallest absolute Gasteiger partial charge is 0.231 e. The van der Waals surface area contributed by atoms with Crippen LogP contribution in [0, 0.1) is 18.3 Å². The number of ether oxygens (including phenoxy) is 2. The first-order valence-corrected chi connectivity index (χ1v) is 8.31. The second kappa shape index (κ2) is 6.61. The molecule has 128 valence electrons. The van der Waals surface area contributed by atoms with E-state index in [4.69, 9.17) is 14.0 Å². The summed E-state index contributed by atoms with van der Waals surface area (Å²) in [5.41, 5.74) is 0.582. The molecule has 3 rings (SSSR count). The van der Waals surface area contributed by atoms with E-state index in [9.17, 15) is 4.79 Å². The zero-order valence-electron chi connectivity index (χ0n) is 14.2. The van der Waals surface area contributed by atoms with Gasteiger partial charge in [0.2, 0.25) is 5.91 Å². The summed E-state index contributed by atoms with van der Waals surface area (Å²) in [7, 11) is 3.38. The summed E-state index contributed by atoms with van der Waals surface area (Å²) in [6, 6.07) is 1.95. The maximum absolute atomic E-state index is 13.0. The molecule has 0 bridgehead atoms. The fourth-order valence-electron chi connectivity index (χ4n) is 3.88. The van der Waals surface area contributed by atoms with Crippen LogP contribution < -0.4 is 0 Å². The predicted molar refractivity (Wildman–Crippen MR) is 84.0 cm³/mol. The Labute approximate surface area is 137 Å². The van der Waals surface area contributed by atoms with E-state index in [0.29, 0.717) is 19.7 Å². The van der Waals surface area contributed by atoms with Gasteiger partial charge in [0.25, 0.3) is 0 Å². The van der Waals surface area contributed by atoms with Crippen LogP contribution in [0.1, 0.15) is 30.7 Å². The van der Waals surface area contributed by atoms with Crippen LogP contribution in [-0.4, -0.2) is 56.0 Å². The number of amides is 1. The van der Waals surface area contributed by atoms with E-state index in [2.05, 4.69) is 5.16 Å². The van der Waals surface area contributed by atoms with E-state index in [-0.39, 0.29) is 23.3 Å². The lowest BCUT2D eigenvalue weighted by atomic mass is 9.68. The van der Waals surface area contributed by atoms with Crippen molar-refractivity contribution in [2.45, 2.75) is 38.7 Å². The second-order valence-corrected chi connectivity index (χ2v) is 6.95. The molecule has 1 aliphatic heterocycles. The van der Waals surface area contributed by atoms with Gasteiger partial charge in [-0.05, 0) is 19.8 Å². The Morgan fingerprint density at radius 1 is 1.43 bits per heavy atom. The first-order chi connectivity index (χ1) is 11.1. The van der Waals surface area contributed by atoms with Crippen LogP contribution in [0.25, 0.3) is 0 Å². The Hall–Kier alpha value is -1.40. The highest BCUT2D eigenvalue weighted by molar-refractivity contribution is 5.84.